The molecule has 0 unspecified atom stereocenters. The van der Waals surface area contributed by atoms with Crippen molar-refractivity contribution in [1.29, 1.82) is 0 Å². The molecular formula is C41H33ClF9N11O4S. The van der Waals surface area contributed by atoms with Gasteiger partial charge in [-0.25, -0.2) is 35.9 Å². The van der Waals surface area contributed by atoms with Gasteiger partial charge in [0.05, 0.1) is 45.0 Å². The van der Waals surface area contributed by atoms with Crippen LogP contribution < -0.4 is 15.6 Å². The van der Waals surface area contributed by atoms with E-state index in [1.807, 2.05) is 0 Å². The molecule has 352 valence electrons. The number of anilines is 1. The van der Waals surface area contributed by atoms with Crippen molar-refractivity contribution in [3.05, 3.63) is 110 Å². The van der Waals surface area contributed by atoms with Gasteiger partial charge in [-0.3, -0.25) is 32.9 Å². The Morgan fingerprint density at radius 1 is 1.00 bits per heavy atom. The van der Waals surface area contributed by atoms with E-state index < -0.39 is 106 Å². The Labute approximate surface area is 376 Å². The molecule has 0 aliphatic heterocycles. The molecule has 15 nitrogen and oxygen atoms in total. The lowest BCUT2D eigenvalue weighted by molar-refractivity contribution is -0.136. The number of hydrogen-bond donors (Lipinski definition) is 2. The van der Waals surface area contributed by atoms with Crippen LogP contribution in [0.1, 0.15) is 66.0 Å². The molecule has 1 fully saturated rings. The van der Waals surface area contributed by atoms with Crippen molar-refractivity contribution in [2.45, 2.75) is 69.3 Å². The van der Waals surface area contributed by atoms with Gasteiger partial charge < -0.3 is 5.32 Å². The molecular weight excluding hydrogens is 949 g/mol. The minimum atomic E-state index is -4.39. The SMILES string of the molecule is Cn1nc(NS(C)(=O)=O)c2c(Cl)ccc(-n3c([C@H](Cc4cc(F)cc(F)c4)NC(=O)Cn4nc(C(F)F)c5c4C(F)(F)[C@@H]4C[C@H]54)nc4nc(-c5ccn(CCCC(F)(F)F)n5)ccc4c3=O)c21. The number of carbonyl (C=O) groups is 1. The van der Waals surface area contributed by atoms with E-state index in [2.05, 4.69) is 30.3 Å². The number of nitrogens with one attached hydrogen (secondary N) is 2. The monoisotopic (exact) mass is 981 g/mol. The van der Waals surface area contributed by atoms with Crippen molar-refractivity contribution in [3.63, 3.8) is 0 Å². The molecule has 7 aromatic rings. The number of carbonyl (C=O) groups excluding carboxylic acids is 1. The highest BCUT2D eigenvalue weighted by Gasteiger charge is 2.67. The molecule has 1 saturated carbocycles. The number of halogens is 10. The van der Waals surface area contributed by atoms with E-state index in [0.29, 0.717) is 10.7 Å². The first-order valence-electron chi connectivity index (χ1n) is 20.2. The lowest BCUT2D eigenvalue weighted by atomic mass is 10.0. The Bertz CT molecular complexity index is 3310. The van der Waals surface area contributed by atoms with Gasteiger partial charge in [-0.1, -0.05) is 11.6 Å². The smallest absolute Gasteiger partial charge is 0.344 e. The first kappa shape index (κ1) is 45.6. The van der Waals surface area contributed by atoms with Crippen molar-refractivity contribution >= 4 is 55.3 Å². The number of fused-ring (bicyclic) bond motifs is 5. The Balaban J connectivity index is 1.22. The van der Waals surface area contributed by atoms with E-state index in [1.165, 1.54) is 52.9 Å². The van der Waals surface area contributed by atoms with Gasteiger partial charge in [0.25, 0.3) is 17.9 Å². The van der Waals surface area contributed by atoms with Gasteiger partial charge >= 0.3 is 6.18 Å². The maximum absolute atomic E-state index is 15.6. The minimum absolute atomic E-state index is 0.00142. The fraction of sp³-hybridized carbons (Fsp3) is 0.341. The molecule has 0 bridgehead atoms. The van der Waals surface area contributed by atoms with Gasteiger partial charge in [-0.05, 0) is 66.8 Å². The van der Waals surface area contributed by atoms with Crippen molar-refractivity contribution in [2.75, 3.05) is 11.0 Å². The van der Waals surface area contributed by atoms with Crippen molar-refractivity contribution in [2.24, 2.45) is 13.0 Å². The van der Waals surface area contributed by atoms with Gasteiger partial charge in [0.2, 0.25) is 15.9 Å². The van der Waals surface area contributed by atoms with Crippen LogP contribution in [0.3, 0.4) is 0 Å². The Morgan fingerprint density at radius 3 is 2.42 bits per heavy atom. The third kappa shape index (κ3) is 8.69. The maximum Gasteiger partial charge on any atom is 0.389 e. The molecule has 2 aromatic carbocycles. The number of sulfonamides is 1. The van der Waals surface area contributed by atoms with Crippen molar-refractivity contribution in [1.82, 2.24) is 49.2 Å². The molecule has 0 radical (unpaired) electrons. The number of amides is 1. The standard InChI is InChI=1S/C41H33ClF9N11O4S/c1-59-33-28(7-5-24(42)31(33)37(57-59)58-67(2,65)66)62-38(54-36-21(39(62)64)4-6-25(53-36)26-8-11-60(55-26)10-3-9-40(47,48)49)27(14-18-12-19(43)15-20(44)13-18)52-29(63)17-61-34-30(32(56-61)35(45)46)22-16-23(22)41(34,50)51/h4-8,11-13,15,22-23,27,35H,3,9-10,14,16-17H2,1-2H3,(H,52,63)(H,57,58)/t22-,23+,27-/m0/s1. The number of rotatable bonds is 14. The zero-order valence-corrected chi connectivity index (χ0v) is 36.2. The predicted molar refractivity (Wildman–Crippen MR) is 222 cm³/mol. The summed E-state index contributed by atoms with van der Waals surface area (Å²) in [4.78, 5) is 38.4. The molecule has 5 aromatic heterocycles. The van der Waals surface area contributed by atoms with Crippen LogP contribution >= 0.6 is 11.6 Å². The fourth-order valence-corrected chi connectivity index (χ4v) is 9.40. The predicted octanol–water partition coefficient (Wildman–Crippen LogP) is 7.62. The maximum atomic E-state index is 15.6. The number of hydrogen-bond acceptors (Lipinski definition) is 9. The van der Waals surface area contributed by atoms with E-state index >= 15 is 13.6 Å². The first-order chi connectivity index (χ1) is 31.5. The number of pyridine rings is 1. The second-order valence-electron chi connectivity index (χ2n) is 16.3. The lowest BCUT2D eigenvalue weighted by Gasteiger charge is -2.24. The highest BCUT2D eigenvalue weighted by molar-refractivity contribution is 7.92. The number of benzene rings is 2. The molecule has 2 N–H and O–H groups in total. The Hall–Kier alpha value is -6.50. The zero-order chi connectivity index (χ0) is 48.1. The van der Waals surface area contributed by atoms with Crippen LogP contribution in [0.15, 0.2) is 59.5 Å². The van der Waals surface area contributed by atoms with E-state index in [1.54, 1.807) is 0 Å². The first-order valence-corrected chi connectivity index (χ1v) is 22.4. The third-order valence-electron chi connectivity index (χ3n) is 11.4. The molecule has 2 aliphatic carbocycles. The fourth-order valence-electron chi connectivity index (χ4n) is 8.67. The molecule has 26 heteroatoms. The normalized spacial score (nSPS) is 17.0. The lowest BCUT2D eigenvalue weighted by Crippen LogP contribution is -2.38. The van der Waals surface area contributed by atoms with E-state index in [-0.39, 0.29) is 80.4 Å². The Morgan fingerprint density at radius 2 is 1.73 bits per heavy atom. The summed E-state index contributed by atoms with van der Waals surface area (Å²) in [5.74, 6) is -9.61. The highest BCUT2D eigenvalue weighted by atomic mass is 35.5. The topological polar surface area (TPSA) is 177 Å². The second kappa shape index (κ2) is 16.4. The Kier molecular flexibility index (Phi) is 11.2. The number of aromatic nitrogens is 9. The summed E-state index contributed by atoms with van der Waals surface area (Å²) in [7, 11) is -2.57. The highest BCUT2D eigenvalue weighted by Crippen LogP contribution is 2.68. The summed E-state index contributed by atoms with van der Waals surface area (Å²) in [6.07, 6.45) is -7.31. The molecule has 9 rings (SSSR count). The summed E-state index contributed by atoms with van der Waals surface area (Å²) in [5.41, 5.74) is -3.20. The van der Waals surface area contributed by atoms with Crippen LogP contribution in [-0.4, -0.2) is 70.6 Å². The van der Waals surface area contributed by atoms with Crippen LogP contribution in [0.2, 0.25) is 5.02 Å². The largest absolute Gasteiger partial charge is 0.389 e. The van der Waals surface area contributed by atoms with Crippen molar-refractivity contribution < 1.29 is 52.7 Å². The average Bonchev–Trinajstić information content (AvgIpc) is 3.43. The summed E-state index contributed by atoms with van der Waals surface area (Å²) < 4.78 is 158. The molecule has 1 amide bonds. The van der Waals surface area contributed by atoms with Crippen LogP contribution in [-0.2, 0) is 47.3 Å². The molecule has 3 atom stereocenters. The summed E-state index contributed by atoms with van der Waals surface area (Å²) in [5, 5.41) is 14.7. The van der Waals surface area contributed by atoms with Gasteiger partial charge in [0.15, 0.2) is 11.5 Å². The summed E-state index contributed by atoms with van der Waals surface area (Å²) >= 11 is 6.61. The molecule has 0 saturated heterocycles. The van der Waals surface area contributed by atoms with Crippen LogP contribution in [0.5, 0.6) is 0 Å². The number of nitrogens with zero attached hydrogens (tertiary/aromatic N) is 9. The molecule has 5 heterocycles. The van der Waals surface area contributed by atoms with Gasteiger partial charge in [0.1, 0.15) is 41.1 Å². The minimum Gasteiger partial charge on any atom is -0.344 e. The number of aryl methyl sites for hydroxylation is 2. The quantitative estimate of drug-likeness (QED) is 0.104. The van der Waals surface area contributed by atoms with E-state index in [0.717, 1.165) is 23.0 Å². The molecule has 67 heavy (non-hydrogen) atoms. The summed E-state index contributed by atoms with van der Waals surface area (Å²) in [6, 6.07) is 7.57. The molecule has 2 aliphatic rings. The molecule has 0 spiro atoms. The number of alkyl halides is 7. The van der Waals surface area contributed by atoms with Crippen molar-refractivity contribution in [3.8, 4) is 17.1 Å². The third-order valence-corrected chi connectivity index (χ3v) is 12.3. The van der Waals surface area contributed by atoms with Gasteiger partial charge in [-0.15, -0.1) is 0 Å². The van der Waals surface area contributed by atoms with Crippen LogP contribution in [0.25, 0.3) is 39.0 Å². The van der Waals surface area contributed by atoms with Gasteiger partial charge in [0, 0.05) is 50.2 Å². The van der Waals surface area contributed by atoms with E-state index in [4.69, 9.17) is 16.6 Å². The summed E-state index contributed by atoms with van der Waals surface area (Å²) in [6.45, 7) is -1.16. The van der Waals surface area contributed by atoms with E-state index in [9.17, 15) is 43.9 Å². The zero-order valence-electron chi connectivity index (χ0n) is 34.6. The van der Waals surface area contributed by atoms with Crippen LogP contribution in [0, 0.1) is 17.6 Å². The average molecular weight is 982 g/mol. The second-order valence-corrected chi connectivity index (χ2v) is 18.4. The van der Waals surface area contributed by atoms with Gasteiger partial charge in [-0.2, -0.15) is 37.2 Å². The van der Waals surface area contributed by atoms with Crippen LogP contribution in [0.4, 0.5) is 45.3 Å².